The number of halogens is 3. The third-order valence-electron chi connectivity index (χ3n) is 1.85. The molecule has 94 valence electrons. The molecule has 1 aromatic carbocycles. The lowest BCUT2D eigenvalue weighted by molar-refractivity contribution is 0.431. The Morgan fingerprint density at radius 1 is 1.29 bits per heavy atom. The summed E-state index contributed by atoms with van der Waals surface area (Å²) in [6.45, 7) is 4.90. The van der Waals surface area contributed by atoms with Crippen molar-refractivity contribution in [3.8, 4) is 0 Å². The number of sulfonamides is 1. The Labute approximate surface area is 97.0 Å². The summed E-state index contributed by atoms with van der Waals surface area (Å²) in [5.74, 6) is -5.00. The van der Waals surface area contributed by atoms with Crippen molar-refractivity contribution in [3.05, 3.63) is 41.7 Å². The minimum absolute atomic E-state index is 0.110. The van der Waals surface area contributed by atoms with Gasteiger partial charge in [0.05, 0.1) is 0 Å². The summed E-state index contributed by atoms with van der Waals surface area (Å²) in [5.41, 5.74) is 0.497. The molecule has 0 fully saturated rings. The van der Waals surface area contributed by atoms with Crippen LogP contribution in [0.15, 0.2) is 29.2 Å². The van der Waals surface area contributed by atoms with Gasteiger partial charge in [0.25, 0.3) is 0 Å². The molecule has 7 heteroatoms. The molecule has 3 nitrogen and oxygen atoms in total. The molecule has 17 heavy (non-hydrogen) atoms. The second-order valence-corrected chi connectivity index (χ2v) is 5.19. The second-order valence-electron chi connectivity index (χ2n) is 3.46. The third kappa shape index (κ3) is 3.07. The number of benzene rings is 1. The molecule has 0 atom stereocenters. The smallest absolute Gasteiger partial charge is 0.207 e. The van der Waals surface area contributed by atoms with E-state index in [1.807, 2.05) is 4.72 Å². The van der Waals surface area contributed by atoms with E-state index in [2.05, 4.69) is 6.58 Å². The van der Waals surface area contributed by atoms with Gasteiger partial charge in [0.2, 0.25) is 10.0 Å². The normalized spacial score (nSPS) is 11.5. The Morgan fingerprint density at radius 2 is 1.88 bits per heavy atom. The van der Waals surface area contributed by atoms with E-state index in [4.69, 9.17) is 0 Å². The van der Waals surface area contributed by atoms with Crippen LogP contribution < -0.4 is 4.72 Å². The van der Waals surface area contributed by atoms with Gasteiger partial charge in [-0.2, -0.15) is 0 Å². The lowest BCUT2D eigenvalue weighted by Crippen LogP contribution is -2.26. The Bertz CT molecular complexity index is 555. The van der Waals surface area contributed by atoms with E-state index in [1.54, 1.807) is 6.92 Å². The van der Waals surface area contributed by atoms with Gasteiger partial charge in [0.1, 0.15) is 4.90 Å². The van der Waals surface area contributed by atoms with Gasteiger partial charge in [-0.15, -0.1) is 0 Å². The summed E-state index contributed by atoms with van der Waals surface area (Å²) in [5, 5.41) is 0. The molecule has 0 radical (unpaired) electrons. The fourth-order valence-electron chi connectivity index (χ4n) is 1.01. The van der Waals surface area contributed by atoms with Gasteiger partial charge in [0, 0.05) is 6.54 Å². The van der Waals surface area contributed by atoms with Crippen molar-refractivity contribution < 1.29 is 21.6 Å². The van der Waals surface area contributed by atoms with Crippen LogP contribution in [0.4, 0.5) is 13.2 Å². The van der Waals surface area contributed by atoms with Crippen molar-refractivity contribution in [2.24, 2.45) is 0 Å². The van der Waals surface area contributed by atoms with Gasteiger partial charge in [-0.05, 0) is 19.1 Å². The number of hydrogen-bond donors (Lipinski definition) is 1. The Kier molecular flexibility index (Phi) is 3.94. The first-order valence-corrected chi connectivity index (χ1v) is 6.01. The molecule has 0 aliphatic rings. The molecule has 0 amide bonds. The van der Waals surface area contributed by atoms with Crippen LogP contribution in [0.2, 0.25) is 0 Å². The number of rotatable bonds is 4. The molecule has 1 N–H and O–H groups in total. The highest BCUT2D eigenvalue weighted by molar-refractivity contribution is 7.89. The predicted molar refractivity (Wildman–Crippen MR) is 56.3 cm³/mol. The SMILES string of the molecule is C=C(C)CNS(=O)(=O)c1ccc(F)c(F)c1F. The van der Waals surface area contributed by atoms with Crippen molar-refractivity contribution in [2.75, 3.05) is 6.54 Å². The van der Waals surface area contributed by atoms with Crippen LogP contribution in [0, 0.1) is 17.5 Å². The Morgan fingerprint density at radius 3 is 2.41 bits per heavy atom. The van der Waals surface area contributed by atoms with Crippen molar-refractivity contribution in [1.29, 1.82) is 0 Å². The highest BCUT2D eigenvalue weighted by atomic mass is 32.2. The van der Waals surface area contributed by atoms with E-state index < -0.39 is 32.4 Å². The Balaban J connectivity index is 3.16. The first kappa shape index (κ1) is 13.7. The average Bonchev–Trinajstić information content (AvgIpc) is 2.23. The molecule has 0 bridgehead atoms. The number of hydrogen-bond acceptors (Lipinski definition) is 2. The van der Waals surface area contributed by atoms with Gasteiger partial charge in [-0.25, -0.2) is 26.3 Å². The minimum Gasteiger partial charge on any atom is -0.207 e. The third-order valence-corrected chi connectivity index (χ3v) is 3.27. The Hall–Kier alpha value is -1.34. The second kappa shape index (κ2) is 4.89. The minimum atomic E-state index is -4.22. The fraction of sp³-hybridized carbons (Fsp3) is 0.200. The van der Waals surface area contributed by atoms with Crippen molar-refractivity contribution >= 4 is 10.0 Å². The zero-order valence-corrected chi connectivity index (χ0v) is 9.74. The zero-order chi connectivity index (χ0) is 13.2. The molecule has 0 aromatic heterocycles. The summed E-state index contributed by atoms with van der Waals surface area (Å²) < 4.78 is 63.8. The molecule has 0 heterocycles. The van der Waals surface area contributed by atoms with Crippen molar-refractivity contribution in [1.82, 2.24) is 4.72 Å². The summed E-state index contributed by atoms with van der Waals surface area (Å²) in [6.07, 6.45) is 0. The molecular formula is C10H10F3NO2S. The molecule has 0 unspecified atom stereocenters. The average molecular weight is 265 g/mol. The van der Waals surface area contributed by atoms with E-state index in [0.717, 1.165) is 0 Å². The predicted octanol–water partition coefficient (Wildman–Crippen LogP) is 1.96. The summed E-state index contributed by atoms with van der Waals surface area (Å²) in [6, 6.07) is 1.21. The van der Waals surface area contributed by atoms with Crippen LogP contribution in [0.5, 0.6) is 0 Å². The standard InChI is InChI=1S/C10H10F3NO2S/c1-6(2)5-14-17(15,16)8-4-3-7(11)9(12)10(8)13/h3-4,14H,1,5H2,2H3. The van der Waals surface area contributed by atoms with Crippen molar-refractivity contribution in [2.45, 2.75) is 11.8 Å². The van der Waals surface area contributed by atoms with E-state index in [0.29, 0.717) is 17.7 Å². The van der Waals surface area contributed by atoms with Crippen LogP contribution in [0.1, 0.15) is 6.92 Å². The van der Waals surface area contributed by atoms with E-state index in [-0.39, 0.29) is 6.54 Å². The van der Waals surface area contributed by atoms with Gasteiger partial charge < -0.3 is 0 Å². The first-order valence-electron chi connectivity index (χ1n) is 4.53. The van der Waals surface area contributed by atoms with Gasteiger partial charge in [-0.3, -0.25) is 0 Å². The highest BCUT2D eigenvalue weighted by Gasteiger charge is 2.23. The fourth-order valence-corrected chi connectivity index (χ4v) is 2.18. The van der Waals surface area contributed by atoms with Gasteiger partial charge >= 0.3 is 0 Å². The van der Waals surface area contributed by atoms with E-state index >= 15 is 0 Å². The summed E-state index contributed by atoms with van der Waals surface area (Å²) in [7, 11) is -4.22. The number of nitrogens with one attached hydrogen (secondary N) is 1. The quantitative estimate of drug-likeness (QED) is 0.668. The molecule has 0 aliphatic heterocycles. The van der Waals surface area contributed by atoms with Crippen LogP contribution in [0.25, 0.3) is 0 Å². The van der Waals surface area contributed by atoms with Crippen molar-refractivity contribution in [3.63, 3.8) is 0 Å². The molecular weight excluding hydrogens is 255 g/mol. The van der Waals surface area contributed by atoms with Crippen LogP contribution in [0.3, 0.4) is 0 Å². The summed E-state index contributed by atoms with van der Waals surface area (Å²) >= 11 is 0. The lowest BCUT2D eigenvalue weighted by atomic mass is 10.3. The monoisotopic (exact) mass is 265 g/mol. The molecule has 0 saturated heterocycles. The highest BCUT2D eigenvalue weighted by Crippen LogP contribution is 2.19. The molecule has 0 saturated carbocycles. The summed E-state index contributed by atoms with van der Waals surface area (Å²) in [4.78, 5) is -0.933. The maximum Gasteiger partial charge on any atom is 0.243 e. The maximum absolute atomic E-state index is 13.2. The molecule has 1 rings (SSSR count). The lowest BCUT2D eigenvalue weighted by Gasteiger charge is -2.08. The zero-order valence-electron chi connectivity index (χ0n) is 8.93. The van der Waals surface area contributed by atoms with Crippen LogP contribution in [-0.4, -0.2) is 15.0 Å². The first-order chi connectivity index (χ1) is 7.75. The molecule has 0 spiro atoms. The molecule has 0 aliphatic carbocycles. The van der Waals surface area contributed by atoms with E-state index in [9.17, 15) is 21.6 Å². The van der Waals surface area contributed by atoms with Crippen LogP contribution in [-0.2, 0) is 10.0 Å². The van der Waals surface area contributed by atoms with Gasteiger partial charge in [-0.1, -0.05) is 12.2 Å². The molecule has 1 aromatic rings. The van der Waals surface area contributed by atoms with Gasteiger partial charge in [0.15, 0.2) is 17.5 Å². The topological polar surface area (TPSA) is 46.2 Å². The van der Waals surface area contributed by atoms with E-state index in [1.165, 1.54) is 0 Å². The largest absolute Gasteiger partial charge is 0.243 e. The maximum atomic E-state index is 13.2. The van der Waals surface area contributed by atoms with Crippen LogP contribution >= 0.6 is 0 Å².